The van der Waals surface area contributed by atoms with Gasteiger partial charge in [0.25, 0.3) is 0 Å². The van der Waals surface area contributed by atoms with Crippen LogP contribution in [-0.4, -0.2) is 19.6 Å². The third kappa shape index (κ3) is 2.00. The van der Waals surface area contributed by atoms with Crippen LogP contribution in [0.25, 0.3) is 5.65 Å². The van der Waals surface area contributed by atoms with Crippen molar-refractivity contribution in [1.82, 2.24) is 19.6 Å². The molecule has 0 aromatic carbocycles. The molecule has 5 nitrogen and oxygen atoms in total. The number of nitrogens with zero attached hydrogens (tertiary/aromatic N) is 4. The van der Waals surface area contributed by atoms with Gasteiger partial charge in [0.2, 0.25) is 0 Å². The van der Waals surface area contributed by atoms with E-state index in [-0.39, 0.29) is 0 Å². The highest BCUT2D eigenvalue weighted by Crippen LogP contribution is 2.24. The lowest BCUT2D eigenvalue weighted by Crippen LogP contribution is -1.93. The first-order valence-corrected chi connectivity index (χ1v) is 5.68. The Bertz CT molecular complexity index is 710. The van der Waals surface area contributed by atoms with Crippen molar-refractivity contribution in [3.05, 3.63) is 47.6 Å². The molecule has 3 aromatic heterocycles. The van der Waals surface area contributed by atoms with E-state index in [4.69, 9.17) is 16.3 Å². The molecule has 0 amide bonds. The number of ether oxygens (including phenoxy) is 1. The third-order valence-corrected chi connectivity index (χ3v) is 2.66. The second-order valence-corrected chi connectivity index (χ2v) is 4.26. The lowest BCUT2D eigenvalue weighted by atomic mass is 10.3. The Morgan fingerprint density at radius 2 is 2.11 bits per heavy atom. The highest BCUT2D eigenvalue weighted by Gasteiger charge is 2.05. The van der Waals surface area contributed by atoms with Gasteiger partial charge >= 0.3 is 0 Å². The Morgan fingerprint density at radius 1 is 1.22 bits per heavy atom. The Labute approximate surface area is 108 Å². The van der Waals surface area contributed by atoms with Gasteiger partial charge in [-0.05, 0) is 18.6 Å². The maximum absolute atomic E-state index is 5.85. The first-order chi connectivity index (χ1) is 8.72. The SMILES string of the molecule is Cc1cc(Oc2cncc(Cl)c2)cn2ncnc12. The van der Waals surface area contributed by atoms with Crippen LogP contribution in [-0.2, 0) is 0 Å². The lowest BCUT2D eigenvalue weighted by molar-refractivity contribution is 0.475. The molecule has 0 N–H and O–H groups in total. The molecule has 6 heteroatoms. The smallest absolute Gasteiger partial charge is 0.158 e. The molecular formula is C12H9ClN4O. The molecule has 0 radical (unpaired) electrons. The van der Waals surface area contributed by atoms with E-state index in [9.17, 15) is 0 Å². The summed E-state index contributed by atoms with van der Waals surface area (Å²) in [5.74, 6) is 1.25. The summed E-state index contributed by atoms with van der Waals surface area (Å²) in [4.78, 5) is 8.11. The Hall–Kier alpha value is -2.14. The van der Waals surface area contributed by atoms with Crippen LogP contribution in [0.1, 0.15) is 5.56 Å². The van der Waals surface area contributed by atoms with E-state index in [1.54, 1.807) is 29.2 Å². The first kappa shape index (κ1) is 11.0. The van der Waals surface area contributed by atoms with Crippen molar-refractivity contribution in [2.24, 2.45) is 0 Å². The Morgan fingerprint density at radius 3 is 2.94 bits per heavy atom. The quantitative estimate of drug-likeness (QED) is 0.711. The van der Waals surface area contributed by atoms with Gasteiger partial charge in [0.15, 0.2) is 5.65 Å². The van der Waals surface area contributed by atoms with Crippen molar-refractivity contribution in [1.29, 1.82) is 0 Å². The molecule has 0 aliphatic carbocycles. The fourth-order valence-corrected chi connectivity index (χ4v) is 1.87. The number of halogens is 1. The summed E-state index contributed by atoms with van der Waals surface area (Å²) in [6, 6.07) is 3.60. The normalized spacial score (nSPS) is 10.8. The molecule has 90 valence electrons. The number of hydrogen-bond donors (Lipinski definition) is 0. The summed E-state index contributed by atoms with van der Waals surface area (Å²) in [5, 5.41) is 4.62. The van der Waals surface area contributed by atoms with E-state index in [0.717, 1.165) is 11.2 Å². The van der Waals surface area contributed by atoms with E-state index in [1.807, 2.05) is 13.0 Å². The molecule has 0 saturated carbocycles. The van der Waals surface area contributed by atoms with Crippen molar-refractivity contribution in [3.63, 3.8) is 0 Å². The number of fused-ring (bicyclic) bond motifs is 1. The molecule has 3 rings (SSSR count). The number of aryl methyl sites for hydroxylation is 1. The second kappa shape index (κ2) is 4.27. The minimum Gasteiger partial charge on any atom is -0.454 e. The molecule has 0 unspecified atom stereocenters. The summed E-state index contributed by atoms with van der Waals surface area (Å²) in [5.41, 5.74) is 1.80. The summed E-state index contributed by atoms with van der Waals surface area (Å²) < 4.78 is 7.35. The van der Waals surface area contributed by atoms with Crippen molar-refractivity contribution >= 4 is 17.2 Å². The zero-order chi connectivity index (χ0) is 12.5. The van der Waals surface area contributed by atoms with Crippen LogP contribution in [0.4, 0.5) is 0 Å². The van der Waals surface area contributed by atoms with E-state index >= 15 is 0 Å². The van der Waals surface area contributed by atoms with Gasteiger partial charge in [-0.25, -0.2) is 9.50 Å². The van der Waals surface area contributed by atoms with E-state index in [0.29, 0.717) is 16.5 Å². The van der Waals surface area contributed by atoms with Crippen LogP contribution in [0.2, 0.25) is 5.02 Å². The van der Waals surface area contributed by atoms with Crippen LogP contribution < -0.4 is 4.74 Å². The first-order valence-electron chi connectivity index (χ1n) is 5.31. The zero-order valence-electron chi connectivity index (χ0n) is 9.54. The summed E-state index contributed by atoms with van der Waals surface area (Å²) in [6.45, 7) is 1.95. The van der Waals surface area contributed by atoms with Crippen molar-refractivity contribution < 1.29 is 4.74 Å². The van der Waals surface area contributed by atoms with E-state index in [1.165, 1.54) is 6.33 Å². The highest BCUT2D eigenvalue weighted by molar-refractivity contribution is 6.30. The predicted molar refractivity (Wildman–Crippen MR) is 67.0 cm³/mol. The van der Waals surface area contributed by atoms with Crippen molar-refractivity contribution in [3.8, 4) is 11.5 Å². The molecule has 0 atom stereocenters. The van der Waals surface area contributed by atoms with Crippen LogP contribution in [0.3, 0.4) is 0 Å². The maximum Gasteiger partial charge on any atom is 0.158 e. The van der Waals surface area contributed by atoms with Gasteiger partial charge in [0.05, 0.1) is 17.4 Å². The maximum atomic E-state index is 5.85. The van der Waals surface area contributed by atoms with Gasteiger partial charge in [-0.2, -0.15) is 5.10 Å². The monoisotopic (exact) mass is 260 g/mol. The zero-order valence-corrected chi connectivity index (χ0v) is 10.3. The van der Waals surface area contributed by atoms with Crippen molar-refractivity contribution in [2.45, 2.75) is 6.92 Å². The number of hydrogen-bond acceptors (Lipinski definition) is 4. The molecule has 0 fully saturated rings. The number of pyridine rings is 2. The Kier molecular flexibility index (Phi) is 2.60. The summed E-state index contributed by atoms with van der Waals surface area (Å²) in [7, 11) is 0. The highest BCUT2D eigenvalue weighted by atomic mass is 35.5. The topological polar surface area (TPSA) is 52.3 Å². The lowest BCUT2D eigenvalue weighted by Gasteiger charge is -2.07. The molecule has 3 aromatic rings. The van der Waals surface area contributed by atoms with Crippen LogP contribution in [0.15, 0.2) is 37.1 Å². The molecule has 0 aliphatic heterocycles. The van der Waals surface area contributed by atoms with E-state index in [2.05, 4.69) is 15.1 Å². The predicted octanol–water partition coefficient (Wildman–Crippen LogP) is 2.88. The minimum atomic E-state index is 0.533. The molecule has 3 heterocycles. The summed E-state index contributed by atoms with van der Waals surface area (Å²) >= 11 is 5.85. The summed E-state index contributed by atoms with van der Waals surface area (Å²) in [6.07, 6.45) is 6.43. The van der Waals surface area contributed by atoms with Crippen LogP contribution in [0, 0.1) is 6.92 Å². The van der Waals surface area contributed by atoms with Crippen molar-refractivity contribution in [2.75, 3.05) is 0 Å². The van der Waals surface area contributed by atoms with Gasteiger partial charge in [-0.15, -0.1) is 0 Å². The minimum absolute atomic E-state index is 0.533. The van der Waals surface area contributed by atoms with Gasteiger partial charge < -0.3 is 4.74 Å². The third-order valence-electron chi connectivity index (χ3n) is 2.45. The molecule has 0 spiro atoms. The second-order valence-electron chi connectivity index (χ2n) is 3.83. The molecule has 0 aliphatic rings. The molecular weight excluding hydrogens is 252 g/mol. The van der Waals surface area contributed by atoms with E-state index < -0.39 is 0 Å². The van der Waals surface area contributed by atoms with Gasteiger partial charge in [-0.3, -0.25) is 4.98 Å². The standard InChI is InChI=1S/C12H9ClN4O/c1-8-2-11(6-17-12(8)15-7-16-17)18-10-3-9(13)4-14-5-10/h2-7H,1H3. The Balaban J connectivity index is 1.99. The van der Waals surface area contributed by atoms with Gasteiger partial charge in [-0.1, -0.05) is 11.6 Å². The average Bonchev–Trinajstić information content (AvgIpc) is 2.77. The molecule has 0 bridgehead atoms. The van der Waals surface area contributed by atoms with Gasteiger partial charge in [0.1, 0.15) is 17.8 Å². The molecule has 18 heavy (non-hydrogen) atoms. The number of rotatable bonds is 2. The average molecular weight is 261 g/mol. The van der Waals surface area contributed by atoms with Crippen LogP contribution >= 0.6 is 11.6 Å². The van der Waals surface area contributed by atoms with Gasteiger partial charge in [0, 0.05) is 12.3 Å². The molecule has 0 saturated heterocycles. The fourth-order valence-electron chi connectivity index (χ4n) is 1.70. The number of aromatic nitrogens is 4. The van der Waals surface area contributed by atoms with Crippen LogP contribution in [0.5, 0.6) is 11.5 Å². The fraction of sp³-hybridized carbons (Fsp3) is 0.0833. The largest absolute Gasteiger partial charge is 0.454 e.